The van der Waals surface area contributed by atoms with E-state index < -0.39 is 6.04 Å². The van der Waals surface area contributed by atoms with Crippen molar-refractivity contribution >= 4 is 41.1 Å². The van der Waals surface area contributed by atoms with Gasteiger partial charge in [-0.1, -0.05) is 35.3 Å². The lowest BCUT2D eigenvalue weighted by Gasteiger charge is -2.11. The normalized spacial score (nSPS) is 12.2. The van der Waals surface area contributed by atoms with Crippen molar-refractivity contribution in [2.45, 2.75) is 19.9 Å². The van der Waals surface area contributed by atoms with E-state index in [4.69, 9.17) is 23.2 Å². The monoisotopic (exact) mass is 314 g/mol. The van der Waals surface area contributed by atoms with Crippen molar-refractivity contribution in [2.75, 3.05) is 6.54 Å². The van der Waals surface area contributed by atoms with Crippen molar-refractivity contribution in [3.05, 3.63) is 39.9 Å². The number of carbonyl (C=O) groups excluding carboxylic acids is 2. The zero-order valence-corrected chi connectivity index (χ0v) is 12.8. The van der Waals surface area contributed by atoms with Gasteiger partial charge in [0.1, 0.15) is 6.04 Å². The van der Waals surface area contributed by atoms with E-state index in [0.29, 0.717) is 22.2 Å². The molecule has 4 nitrogen and oxygen atoms in total. The first-order valence-electron chi connectivity index (χ1n) is 6.16. The Morgan fingerprint density at radius 1 is 1.35 bits per heavy atom. The fraction of sp³-hybridized carbons (Fsp3) is 0.286. The topological polar surface area (TPSA) is 58.2 Å². The van der Waals surface area contributed by atoms with E-state index >= 15 is 0 Å². The second-order valence-electron chi connectivity index (χ2n) is 4.10. The molecular weight excluding hydrogens is 299 g/mol. The Kier molecular flexibility index (Phi) is 6.55. The van der Waals surface area contributed by atoms with Crippen molar-refractivity contribution in [3.63, 3.8) is 0 Å². The van der Waals surface area contributed by atoms with Gasteiger partial charge in [0.15, 0.2) is 0 Å². The lowest BCUT2D eigenvalue weighted by atomic mass is 10.2. The Balaban J connectivity index is 2.64. The first kappa shape index (κ1) is 16.5. The van der Waals surface area contributed by atoms with Crippen molar-refractivity contribution in [2.24, 2.45) is 0 Å². The van der Waals surface area contributed by atoms with Gasteiger partial charge in [-0.2, -0.15) is 0 Å². The standard InChI is InChI=1S/C14H16Cl2N2O2/c1-3-17-14(20)9(2)18-12(19)8-7-10-5-4-6-11(15)13(10)16/h4-9H,3H2,1-2H3,(H,17,20)(H,18,19)/b8-7+. The van der Waals surface area contributed by atoms with Gasteiger partial charge in [0, 0.05) is 12.6 Å². The van der Waals surface area contributed by atoms with Crippen LogP contribution in [-0.2, 0) is 9.59 Å². The van der Waals surface area contributed by atoms with Gasteiger partial charge >= 0.3 is 0 Å². The average molecular weight is 315 g/mol. The SMILES string of the molecule is CCNC(=O)C(C)NC(=O)/C=C/c1cccc(Cl)c1Cl. The molecule has 0 aliphatic heterocycles. The lowest BCUT2D eigenvalue weighted by Crippen LogP contribution is -2.44. The van der Waals surface area contributed by atoms with Crippen LogP contribution in [0.4, 0.5) is 0 Å². The molecule has 1 unspecified atom stereocenters. The summed E-state index contributed by atoms with van der Waals surface area (Å²) in [6, 6.07) is 4.55. The Bertz CT molecular complexity index is 530. The molecule has 0 saturated heterocycles. The number of halogens is 2. The molecule has 0 bridgehead atoms. The van der Waals surface area contributed by atoms with E-state index in [1.54, 1.807) is 31.2 Å². The molecule has 1 aromatic carbocycles. The van der Waals surface area contributed by atoms with Crippen LogP contribution in [0, 0.1) is 0 Å². The summed E-state index contributed by atoms with van der Waals surface area (Å²) in [5.74, 6) is -0.602. The summed E-state index contributed by atoms with van der Waals surface area (Å²) in [5, 5.41) is 5.99. The van der Waals surface area contributed by atoms with Gasteiger partial charge in [-0.25, -0.2) is 0 Å². The summed E-state index contributed by atoms with van der Waals surface area (Å²) in [5.41, 5.74) is 0.639. The molecule has 2 N–H and O–H groups in total. The largest absolute Gasteiger partial charge is 0.355 e. The van der Waals surface area contributed by atoms with Crippen LogP contribution < -0.4 is 10.6 Å². The smallest absolute Gasteiger partial charge is 0.244 e. The summed E-state index contributed by atoms with van der Waals surface area (Å²) in [7, 11) is 0. The molecule has 20 heavy (non-hydrogen) atoms. The third-order valence-electron chi connectivity index (χ3n) is 2.50. The molecule has 108 valence electrons. The van der Waals surface area contributed by atoms with E-state index in [0.717, 1.165) is 0 Å². The van der Waals surface area contributed by atoms with Gasteiger partial charge in [-0.15, -0.1) is 0 Å². The second kappa shape index (κ2) is 7.92. The number of rotatable bonds is 5. The minimum Gasteiger partial charge on any atom is -0.355 e. The highest BCUT2D eigenvalue weighted by Crippen LogP contribution is 2.26. The Hall–Kier alpha value is -1.52. The number of amides is 2. The van der Waals surface area contributed by atoms with Crippen LogP contribution in [0.3, 0.4) is 0 Å². The molecule has 0 aliphatic carbocycles. The van der Waals surface area contributed by atoms with Crippen molar-refractivity contribution in [3.8, 4) is 0 Å². The quantitative estimate of drug-likeness (QED) is 0.821. The zero-order chi connectivity index (χ0) is 15.1. The number of likely N-dealkylation sites (N-methyl/N-ethyl adjacent to an activating group) is 1. The van der Waals surface area contributed by atoms with E-state index in [9.17, 15) is 9.59 Å². The van der Waals surface area contributed by atoms with Crippen molar-refractivity contribution < 1.29 is 9.59 Å². The van der Waals surface area contributed by atoms with Gasteiger partial charge in [0.2, 0.25) is 11.8 Å². The molecule has 0 aromatic heterocycles. The summed E-state index contributed by atoms with van der Waals surface area (Å²) >= 11 is 11.9. The molecule has 0 aliphatic rings. The van der Waals surface area contributed by atoms with Crippen molar-refractivity contribution in [1.29, 1.82) is 0 Å². The van der Waals surface area contributed by atoms with E-state index in [-0.39, 0.29) is 11.8 Å². The third-order valence-corrected chi connectivity index (χ3v) is 3.33. The molecule has 0 fully saturated rings. The highest BCUT2D eigenvalue weighted by molar-refractivity contribution is 6.42. The van der Waals surface area contributed by atoms with Crippen LogP contribution in [0.5, 0.6) is 0 Å². The molecule has 0 heterocycles. The molecule has 1 aromatic rings. The Morgan fingerprint density at radius 3 is 2.70 bits per heavy atom. The predicted octanol–water partition coefficient (Wildman–Crippen LogP) is 2.65. The number of benzene rings is 1. The van der Waals surface area contributed by atoms with E-state index in [2.05, 4.69) is 10.6 Å². The highest BCUT2D eigenvalue weighted by Gasteiger charge is 2.12. The van der Waals surface area contributed by atoms with Crippen LogP contribution in [-0.4, -0.2) is 24.4 Å². The third kappa shape index (κ3) is 4.87. The molecule has 0 radical (unpaired) electrons. The predicted molar refractivity (Wildman–Crippen MR) is 81.8 cm³/mol. The summed E-state index contributed by atoms with van der Waals surface area (Å²) in [6.45, 7) is 3.95. The molecule has 0 saturated carbocycles. The first-order chi connectivity index (χ1) is 9.45. The highest BCUT2D eigenvalue weighted by atomic mass is 35.5. The second-order valence-corrected chi connectivity index (χ2v) is 4.89. The maximum atomic E-state index is 11.7. The molecule has 2 amide bonds. The van der Waals surface area contributed by atoms with Gasteiger partial charge < -0.3 is 10.6 Å². The summed E-state index contributed by atoms with van der Waals surface area (Å²) in [4.78, 5) is 23.1. The maximum Gasteiger partial charge on any atom is 0.244 e. The number of carbonyl (C=O) groups is 2. The summed E-state index contributed by atoms with van der Waals surface area (Å²) in [6.07, 6.45) is 2.86. The van der Waals surface area contributed by atoms with Gasteiger partial charge in [0.05, 0.1) is 10.0 Å². The zero-order valence-electron chi connectivity index (χ0n) is 11.2. The van der Waals surface area contributed by atoms with Crippen LogP contribution in [0.2, 0.25) is 10.0 Å². The number of hydrogen-bond donors (Lipinski definition) is 2. The van der Waals surface area contributed by atoms with Crippen molar-refractivity contribution in [1.82, 2.24) is 10.6 Å². The van der Waals surface area contributed by atoms with E-state index in [1.165, 1.54) is 6.08 Å². The van der Waals surface area contributed by atoms with Gasteiger partial charge in [0.25, 0.3) is 0 Å². The number of nitrogens with one attached hydrogen (secondary N) is 2. The van der Waals surface area contributed by atoms with E-state index in [1.807, 2.05) is 6.92 Å². The average Bonchev–Trinajstić information content (AvgIpc) is 2.40. The molecule has 1 rings (SSSR count). The van der Waals surface area contributed by atoms with Crippen LogP contribution >= 0.6 is 23.2 Å². The fourth-order valence-electron chi connectivity index (χ4n) is 1.47. The van der Waals surface area contributed by atoms with Gasteiger partial charge in [-0.05, 0) is 31.6 Å². The van der Waals surface area contributed by atoms with Crippen LogP contribution in [0.25, 0.3) is 6.08 Å². The fourth-order valence-corrected chi connectivity index (χ4v) is 1.84. The minimum atomic E-state index is -0.595. The molecule has 1 atom stereocenters. The Morgan fingerprint density at radius 2 is 2.05 bits per heavy atom. The maximum absolute atomic E-state index is 11.7. The molecular formula is C14H16Cl2N2O2. The van der Waals surface area contributed by atoms with Crippen LogP contribution in [0.15, 0.2) is 24.3 Å². The first-order valence-corrected chi connectivity index (χ1v) is 6.91. The van der Waals surface area contributed by atoms with Crippen LogP contribution in [0.1, 0.15) is 19.4 Å². The lowest BCUT2D eigenvalue weighted by molar-refractivity contribution is -0.126. The number of hydrogen-bond acceptors (Lipinski definition) is 2. The van der Waals surface area contributed by atoms with Gasteiger partial charge in [-0.3, -0.25) is 9.59 Å². The molecule has 6 heteroatoms. The summed E-state index contributed by atoms with van der Waals surface area (Å²) < 4.78 is 0. The minimum absolute atomic E-state index is 0.227. The molecule has 0 spiro atoms. The Labute approximate surface area is 128 Å².